The van der Waals surface area contributed by atoms with E-state index in [1.54, 1.807) is 0 Å². The molecule has 0 aliphatic carbocycles. The van der Waals surface area contributed by atoms with E-state index in [1.165, 1.54) is 0 Å². The average molecular weight is 454 g/mol. The van der Waals surface area contributed by atoms with Gasteiger partial charge in [0.1, 0.15) is 0 Å². The molecule has 0 aromatic rings. The van der Waals surface area contributed by atoms with Crippen LogP contribution in [0.25, 0.3) is 0 Å². The fourth-order valence-corrected chi connectivity index (χ4v) is 0. The largest absolute Gasteiger partial charge is 1.00 e. The molecule has 0 unspecified atom stereocenters. The van der Waals surface area contributed by atoms with Gasteiger partial charge in [0.15, 0.2) is 0 Å². The molecule has 0 heterocycles. The van der Waals surface area contributed by atoms with E-state index in [2.05, 4.69) is 0 Å². The van der Waals surface area contributed by atoms with Crippen molar-refractivity contribution in [2.24, 2.45) is 0 Å². The maximum atomic E-state index is 8.36. The Morgan fingerprint density at radius 2 is 0.385 bits per heavy atom. The molecule has 4 N–H and O–H groups in total. The van der Waals surface area contributed by atoms with Crippen molar-refractivity contribution in [2.45, 2.75) is 0 Å². The number of rotatable bonds is 0. The first-order valence-corrected chi connectivity index (χ1v) is 3.36. The zero-order valence-corrected chi connectivity index (χ0v) is 18.4. The van der Waals surface area contributed by atoms with Gasteiger partial charge in [0.05, 0.1) is 10.2 Å². The van der Waals surface area contributed by atoms with Gasteiger partial charge < -0.3 is 51.5 Å². The summed E-state index contributed by atoms with van der Waals surface area (Å²) < 4.78 is 0. The van der Waals surface area contributed by atoms with Gasteiger partial charge in [-0.1, -0.05) is 0 Å². The molecule has 0 aliphatic heterocycles. The van der Waals surface area contributed by atoms with Crippen LogP contribution in [-0.4, -0.2) is 51.3 Å². The summed E-state index contributed by atoms with van der Waals surface area (Å²) in [6, 6.07) is 0. The van der Waals surface area contributed by atoms with Crippen molar-refractivity contribution in [3.63, 3.8) is 0 Å². The fraction of sp³-hybridized carbons (Fsp3) is 0. The van der Waals surface area contributed by atoms with Crippen LogP contribution < -0.4 is 103 Å². The predicted octanol–water partition coefficient (Wildman–Crippen LogP) is -7.86. The van der Waals surface area contributed by atoms with Crippen LogP contribution >= 0.6 is 0 Å². The molecule has 26 heavy (non-hydrogen) atoms. The monoisotopic (exact) mass is 454 g/mol. The van der Waals surface area contributed by atoms with Gasteiger partial charge in [-0.2, -0.15) is 0 Å². The van der Waals surface area contributed by atoms with Crippen LogP contribution in [0.15, 0.2) is 0 Å². The minimum atomic E-state index is -1.75. The smallest absolute Gasteiger partial charge is 0.356 e. The Labute approximate surface area is 222 Å². The summed E-state index contributed by atoms with van der Waals surface area (Å²) in [6.07, 6.45) is 0. The van der Waals surface area contributed by atoms with E-state index in [1.807, 2.05) is 0 Å². The fourth-order valence-electron chi connectivity index (χ4n) is 0. The summed E-state index contributed by atoms with van der Waals surface area (Å²) in [5, 5.41) is 84.1. The van der Waals surface area contributed by atoms with Crippen LogP contribution in [0.4, 0.5) is 0 Å². The maximum absolute atomic E-state index is 8.36. The number of nitrogens with zero attached hydrogens (tertiary/aromatic N) is 6. The summed E-state index contributed by atoms with van der Waals surface area (Å²) in [5.74, 6) is 0. The van der Waals surface area contributed by atoms with Crippen molar-refractivity contribution in [2.75, 3.05) is 0 Å². The number of hydrogen-bond acceptors (Lipinski definition) is 14. The van der Waals surface area contributed by atoms with Gasteiger partial charge in [0, 0.05) is 0 Å². The van der Waals surface area contributed by atoms with Gasteiger partial charge in [0.25, 0.3) is 20.3 Å². The first-order chi connectivity index (χ1) is 10.4. The zero-order valence-electron chi connectivity index (χ0n) is 12.2. The second kappa shape index (κ2) is 43.7. The Balaban J connectivity index is -0.0000000245. The molecule has 0 amide bonds. The molecule has 0 aromatic heterocycles. The molecular formula is H4K2N6O18. The summed E-state index contributed by atoms with van der Waals surface area (Å²) in [4.78, 5) is 49.9. The van der Waals surface area contributed by atoms with Crippen LogP contribution in [0.1, 0.15) is 0 Å². The third-order valence-electron chi connectivity index (χ3n) is 0. The van der Waals surface area contributed by atoms with E-state index >= 15 is 0 Å². The van der Waals surface area contributed by atoms with Crippen LogP contribution in [0.5, 0.6) is 0 Å². The van der Waals surface area contributed by atoms with E-state index in [9.17, 15) is 0 Å². The van der Waals surface area contributed by atoms with Gasteiger partial charge >= 0.3 is 103 Å². The number of hydrogen-bond donors (Lipinski definition) is 4. The van der Waals surface area contributed by atoms with Crippen molar-refractivity contribution >= 4 is 0 Å². The normalized spacial score (nSPS) is 5.54. The van der Waals surface area contributed by atoms with Crippen LogP contribution in [0, 0.1) is 71.1 Å². The molecule has 0 aromatic carbocycles. The second-order valence-electron chi connectivity index (χ2n) is 1.40. The molecule has 0 aliphatic rings. The van der Waals surface area contributed by atoms with Gasteiger partial charge in [-0.05, 0) is 0 Å². The molecule has 0 saturated heterocycles. The summed E-state index contributed by atoms with van der Waals surface area (Å²) in [5.41, 5.74) is 0. The summed E-state index contributed by atoms with van der Waals surface area (Å²) in [7, 11) is 0. The Bertz CT molecular complexity index is 261. The van der Waals surface area contributed by atoms with E-state index in [0.717, 1.165) is 0 Å². The Kier molecular flexibility index (Phi) is 83.5. The van der Waals surface area contributed by atoms with E-state index < -0.39 is 30.5 Å². The molecule has 0 atom stereocenters. The maximum Gasteiger partial charge on any atom is 1.00 e. The van der Waals surface area contributed by atoms with Gasteiger partial charge in [-0.15, -0.1) is 40.5 Å². The Hall–Kier alpha value is -1.53. The molecule has 26 heteroatoms. The minimum absolute atomic E-state index is 0. The predicted molar refractivity (Wildman–Crippen MR) is 55.8 cm³/mol. The van der Waals surface area contributed by atoms with E-state index in [-0.39, 0.29) is 103 Å². The molecule has 0 rings (SSSR count). The molecule has 144 valence electrons. The average Bonchev–Trinajstić information content (AvgIpc) is 2.08. The van der Waals surface area contributed by atoms with Crippen molar-refractivity contribution in [3.05, 3.63) is 71.1 Å². The third-order valence-corrected chi connectivity index (χ3v) is 0. The molecular weight excluding hydrogens is 450 g/mol. The molecule has 24 nitrogen and oxygen atoms in total. The van der Waals surface area contributed by atoms with Gasteiger partial charge in [0.2, 0.25) is 0 Å². The van der Waals surface area contributed by atoms with Crippen molar-refractivity contribution < 1.29 is 154 Å². The van der Waals surface area contributed by atoms with Gasteiger partial charge in [-0.3, -0.25) is 0 Å². The third kappa shape index (κ3) is 4440. The molecule has 0 spiro atoms. The second-order valence-corrected chi connectivity index (χ2v) is 1.40. The minimum Gasteiger partial charge on any atom is -0.356 e. The van der Waals surface area contributed by atoms with E-state index in [0.29, 0.717) is 0 Å². The van der Waals surface area contributed by atoms with Gasteiger partial charge in [-0.25, -0.2) is 0 Å². The summed E-state index contributed by atoms with van der Waals surface area (Å²) >= 11 is 0. The molecule has 0 saturated carbocycles. The Morgan fingerprint density at radius 3 is 0.385 bits per heavy atom. The molecule has 0 bridgehead atoms. The van der Waals surface area contributed by atoms with Crippen molar-refractivity contribution in [3.8, 4) is 0 Å². The first-order valence-electron chi connectivity index (χ1n) is 3.36. The van der Waals surface area contributed by atoms with Crippen molar-refractivity contribution in [1.82, 2.24) is 0 Å². The van der Waals surface area contributed by atoms with Crippen LogP contribution in [-0.2, 0) is 0 Å². The van der Waals surface area contributed by atoms with Crippen molar-refractivity contribution in [1.29, 1.82) is 0 Å². The zero-order chi connectivity index (χ0) is 21.5. The quantitative estimate of drug-likeness (QED) is 0.150. The topological polar surface area (TPSA) is 386 Å². The van der Waals surface area contributed by atoms with E-state index in [4.69, 9.17) is 91.9 Å². The molecule has 0 radical (unpaired) electrons. The first kappa shape index (κ1) is 49.7. The summed E-state index contributed by atoms with van der Waals surface area (Å²) in [6.45, 7) is 0. The van der Waals surface area contributed by atoms with Crippen LogP contribution in [0.2, 0.25) is 0 Å². The standard InChI is InChI=1S/2K.4HNO3.2NO3/c;;6*2-1(3)4/h;;4*(H,2,3,4);;/q2*+1;;;;;2*-1. The molecule has 0 fully saturated rings. The SMILES string of the molecule is O=[N+]([O-])O.O=[N+]([O-])O.O=[N+]([O-])O.O=[N+]([O-])O.O=[N+]([O-])[O-].O=[N+]([O-])[O-].[K+].[K+]. The Morgan fingerprint density at radius 1 is 0.385 bits per heavy atom. The van der Waals surface area contributed by atoms with Crippen LogP contribution in [0.3, 0.4) is 0 Å².